The predicted molar refractivity (Wildman–Crippen MR) is 93.0 cm³/mol. The summed E-state index contributed by atoms with van der Waals surface area (Å²) in [6.45, 7) is 5.75. The Morgan fingerprint density at radius 3 is 2.72 bits per heavy atom. The summed E-state index contributed by atoms with van der Waals surface area (Å²) in [6, 6.07) is 5.14. The van der Waals surface area contributed by atoms with E-state index in [4.69, 9.17) is 21.4 Å². The largest absolute Gasteiger partial charge is 0.479 e. The highest BCUT2D eigenvalue weighted by atomic mass is 35.5. The number of amides is 1. The van der Waals surface area contributed by atoms with Gasteiger partial charge in [-0.15, -0.1) is 0 Å². The van der Waals surface area contributed by atoms with Crippen LogP contribution in [0.25, 0.3) is 0 Å². The number of carboxylic acid groups (broad SMARTS) is 1. The Bertz CT molecular complexity index is 639. The summed E-state index contributed by atoms with van der Waals surface area (Å²) in [5.41, 5.74) is 0.847. The second-order valence-corrected chi connectivity index (χ2v) is 6.53. The maximum Gasteiger partial charge on any atom is 0.407 e. The Kier molecular flexibility index (Phi) is 6.50. The summed E-state index contributed by atoms with van der Waals surface area (Å²) < 4.78 is 10.4. The average Bonchev–Trinajstić information content (AvgIpc) is 2.56. The molecule has 0 unspecified atom stereocenters. The molecule has 25 heavy (non-hydrogen) atoms. The molecule has 1 aliphatic rings. The predicted octanol–water partition coefficient (Wildman–Crippen LogP) is 2.46. The Balaban J connectivity index is 2.10. The summed E-state index contributed by atoms with van der Waals surface area (Å²) in [6.07, 6.45) is -1.63. The third kappa shape index (κ3) is 4.99. The number of carbonyl (C=O) groups excluding carboxylic acids is 1. The lowest BCUT2D eigenvalue weighted by molar-refractivity contribution is -0.147. The van der Waals surface area contributed by atoms with Crippen molar-refractivity contribution in [3.8, 4) is 5.75 Å². The van der Waals surface area contributed by atoms with Crippen LogP contribution in [0, 0.1) is 0 Å². The number of esters is 1. The lowest BCUT2D eigenvalue weighted by atomic mass is 10.1. The van der Waals surface area contributed by atoms with Crippen molar-refractivity contribution in [3.05, 3.63) is 28.8 Å². The number of carbonyl (C=O) groups is 2. The minimum atomic E-state index is -0.897. The molecule has 0 spiro atoms. The Hall–Kier alpha value is -1.99. The van der Waals surface area contributed by atoms with Gasteiger partial charge in [-0.2, -0.15) is 0 Å². The van der Waals surface area contributed by atoms with Crippen molar-refractivity contribution in [3.63, 3.8) is 0 Å². The zero-order valence-electron chi connectivity index (χ0n) is 14.6. The van der Waals surface area contributed by atoms with Gasteiger partial charge in [0.05, 0.1) is 7.11 Å². The first-order valence-corrected chi connectivity index (χ1v) is 8.44. The van der Waals surface area contributed by atoms with Crippen LogP contribution in [0.1, 0.15) is 19.4 Å². The van der Waals surface area contributed by atoms with E-state index in [0.717, 1.165) is 5.56 Å². The summed E-state index contributed by atoms with van der Waals surface area (Å²) >= 11 is 6.10. The average molecular weight is 371 g/mol. The molecule has 0 radical (unpaired) electrons. The number of piperazine rings is 1. The van der Waals surface area contributed by atoms with Crippen LogP contribution in [0.5, 0.6) is 5.75 Å². The fourth-order valence-electron chi connectivity index (χ4n) is 2.89. The van der Waals surface area contributed by atoms with Gasteiger partial charge in [-0.3, -0.25) is 4.90 Å². The molecule has 0 aromatic heterocycles. The van der Waals surface area contributed by atoms with Crippen LogP contribution in [0.4, 0.5) is 4.79 Å². The van der Waals surface area contributed by atoms with Crippen molar-refractivity contribution >= 4 is 23.7 Å². The van der Waals surface area contributed by atoms with Gasteiger partial charge in [0.25, 0.3) is 0 Å². The first-order valence-electron chi connectivity index (χ1n) is 8.06. The van der Waals surface area contributed by atoms with E-state index >= 15 is 0 Å². The number of hydrogen-bond donors (Lipinski definition) is 1. The van der Waals surface area contributed by atoms with Gasteiger partial charge in [0.1, 0.15) is 5.75 Å². The molecule has 1 aliphatic heterocycles. The molecule has 1 amide bonds. The van der Waals surface area contributed by atoms with Gasteiger partial charge in [-0.25, -0.2) is 9.59 Å². The van der Waals surface area contributed by atoms with E-state index in [0.29, 0.717) is 37.0 Å². The van der Waals surface area contributed by atoms with E-state index in [1.54, 1.807) is 25.1 Å². The third-order valence-electron chi connectivity index (χ3n) is 4.21. The van der Waals surface area contributed by atoms with Crippen molar-refractivity contribution in [2.45, 2.75) is 32.5 Å². The summed E-state index contributed by atoms with van der Waals surface area (Å²) in [5.74, 6) is 0.111. The van der Waals surface area contributed by atoms with Gasteiger partial charge < -0.3 is 19.5 Å². The molecular weight excluding hydrogens is 348 g/mol. The van der Waals surface area contributed by atoms with Crippen LogP contribution < -0.4 is 4.74 Å². The first-order chi connectivity index (χ1) is 11.8. The van der Waals surface area contributed by atoms with Crippen LogP contribution in [0.15, 0.2) is 18.2 Å². The van der Waals surface area contributed by atoms with E-state index in [9.17, 15) is 9.59 Å². The maximum atomic E-state index is 11.6. The second kappa shape index (κ2) is 8.40. The number of benzene rings is 1. The van der Waals surface area contributed by atoms with Crippen molar-refractivity contribution in [2.75, 3.05) is 26.7 Å². The Morgan fingerprint density at radius 1 is 1.40 bits per heavy atom. The van der Waals surface area contributed by atoms with Crippen LogP contribution in [0.3, 0.4) is 0 Å². The van der Waals surface area contributed by atoms with Gasteiger partial charge in [-0.1, -0.05) is 11.6 Å². The number of halogens is 1. The molecule has 1 aromatic carbocycles. The van der Waals surface area contributed by atoms with Crippen molar-refractivity contribution < 1.29 is 24.2 Å². The lowest BCUT2D eigenvalue weighted by Crippen LogP contribution is -2.53. The number of ether oxygens (including phenoxy) is 2. The van der Waals surface area contributed by atoms with Crippen molar-refractivity contribution in [1.82, 2.24) is 9.80 Å². The maximum absolute atomic E-state index is 11.6. The number of nitrogens with zero attached hydrogens (tertiary/aromatic N) is 2. The molecule has 0 bridgehead atoms. The summed E-state index contributed by atoms with van der Waals surface area (Å²) in [5, 5.41) is 9.74. The molecule has 1 N–H and O–H groups in total. The lowest BCUT2D eigenvalue weighted by Gasteiger charge is -2.38. The van der Waals surface area contributed by atoms with Crippen LogP contribution >= 0.6 is 11.6 Å². The summed E-state index contributed by atoms with van der Waals surface area (Å²) in [7, 11) is 1.31. The Morgan fingerprint density at radius 2 is 2.12 bits per heavy atom. The third-order valence-corrected chi connectivity index (χ3v) is 4.45. The van der Waals surface area contributed by atoms with Gasteiger partial charge in [-0.05, 0) is 32.0 Å². The van der Waals surface area contributed by atoms with Gasteiger partial charge >= 0.3 is 12.1 Å². The van der Waals surface area contributed by atoms with Crippen molar-refractivity contribution in [2.24, 2.45) is 0 Å². The highest BCUT2D eigenvalue weighted by Crippen LogP contribution is 2.26. The monoisotopic (exact) mass is 370 g/mol. The van der Waals surface area contributed by atoms with Gasteiger partial charge in [0.15, 0.2) is 6.10 Å². The molecule has 1 fully saturated rings. The number of rotatable bonds is 5. The van der Waals surface area contributed by atoms with E-state index in [1.807, 2.05) is 6.92 Å². The molecule has 138 valence electrons. The molecule has 7 nitrogen and oxygen atoms in total. The van der Waals surface area contributed by atoms with E-state index < -0.39 is 18.2 Å². The topological polar surface area (TPSA) is 79.3 Å². The fourth-order valence-corrected chi connectivity index (χ4v) is 3.09. The van der Waals surface area contributed by atoms with Crippen molar-refractivity contribution in [1.29, 1.82) is 0 Å². The standard InChI is InChI=1S/C17H23ClN2O5/c1-11-9-19(6-7-20(11)17(22)23)10-13-8-14(18)4-5-15(13)25-12(2)16(21)24-3/h4-5,8,11-12H,6-7,9-10H2,1-3H3,(H,22,23)/t11-,12-/m0/s1. The molecular formula is C17H23ClN2O5. The van der Waals surface area contributed by atoms with E-state index in [-0.39, 0.29) is 6.04 Å². The quantitative estimate of drug-likeness (QED) is 0.802. The Labute approximate surface area is 152 Å². The zero-order valence-corrected chi connectivity index (χ0v) is 15.3. The minimum absolute atomic E-state index is 0.0937. The molecule has 0 saturated carbocycles. The van der Waals surface area contributed by atoms with Crippen LogP contribution in [0.2, 0.25) is 5.02 Å². The normalized spacial score (nSPS) is 19.4. The molecule has 1 heterocycles. The molecule has 2 atom stereocenters. The smallest absolute Gasteiger partial charge is 0.407 e. The van der Waals surface area contributed by atoms with Gasteiger partial charge in [0, 0.05) is 42.8 Å². The van der Waals surface area contributed by atoms with Gasteiger partial charge in [0.2, 0.25) is 0 Å². The number of methoxy groups -OCH3 is 1. The van der Waals surface area contributed by atoms with E-state index in [2.05, 4.69) is 9.64 Å². The number of hydrogen-bond acceptors (Lipinski definition) is 5. The minimum Gasteiger partial charge on any atom is -0.479 e. The SMILES string of the molecule is COC(=O)[C@H](C)Oc1ccc(Cl)cc1CN1CCN(C(=O)O)[C@@H](C)C1. The van der Waals surface area contributed by atoms with Crippen LogP contribution in [-0.2, 0) is 16.1 Å². The second-order valence-electron chi connectivity index (χ2n) is 6.10. The fraction of sp³-hybridized carbons (Fsp3) is 0.529. The van der Waals surface area contributed by atoms with E-state index in [1.165, 1.54) is 12.0 Å². The first kappa shape index (κ1) is 19.3. The summed E-state index contributed by atoms with van der Waals surface area (Å²) in [4.78, 5) is 26.3. The molecule has 8 heteroatoms. The highest BCUT2D eigenvalue weighted by molar-refractivity contribution is 6.30. The molecule has 1 aromatic rings. The zero-order chi connectivity index (χ0) is 18.6. The molecule has 1 saturated heterocycles. The molecule has 2 rings (SSSR count). The molecule has 0 aliphatic carbocycles. The highest BCUT2D eigenvalue weighted by Gasteiger charge is 2.27. The van der Waals surface area contributed by atoms with Crippen LogP contribution in [-0.4, -0.2) is 65.9 Å².